The number of aromatic carboxylic acids is 1. The zero-order chi connectivity index (χ0) is 17.5. The predicted octanol–water partition coefficient (Wildman–Crippen LogP) is 3.24. The Kier molecular flexibility index (Phi) is 6.73. The Morgan fingerprint density at radius 2 is 2.08 bits per heavy atom. The number of carbonyl (C=O) groups is 2. The number of halogens is 1. The molecule has 1 aliphatic rings. The van der Waals surface area contributed by atoms with Crippen molar-refractivity contribution in [3.63, 3.8) is 0 Å². The zero-order valence-corrected chi connectivity index (χ0v) is 13.9. The van der Waals surface area contributed by atoms with E-state index in [1.54, 1.807) is 0 Å². The lowest BCUT2D eigenvalue weighted by Crippen LogP contribution is -2.31. The lowest BCUT2D eigenvalue weighted by atomic mass is 9.98. The van der Waals surface area contributed by atoms with Gasteiger partial charge in [0.25, 0.3) is 5.91 Å². The molecule has 1 amide bonds. The van der Waals surface area contributed by atoms with Crippen LogP contribution in [-0.4, -0.2) is 36.2 Å². The lowest BCUT2D eigenvalue weighted by molar-refractivity contribution is 0.0163. The molecule has 1 aliphatic carbocycles. The maximum Gasteiger partial charge on any atom is 0.335 e. The van der Waals surface area contributed by atoms with Crippen LogP contribution in [0.15, 0.2) is 18.2 Å². The molecule has 0 radical (unpaired) electrons. The third-order valence-corrected chi connectivity index (χ3v) is 4.48. The molecule has 1 atom stereocenters. The standard InChI is InChI=1S/C18H24FNO4/c1-2-24-16(12-5-3-4-6-12)9-10-20-17(21)14-8-7-13(18(22)23)11-15(14)19/h7-8,11-12,16H,2-6,9-10H2,1H3,(H,20,21)(H,22,23). The van der Waals surface area contributed by atoms with Crippen LogP contribution >= 0.6 is 0 Å². The molecule has 1 fully saturated rings. The van der Waals surface area contributed by atoms with Crippen LogP contribution in [0.5, 0.6) is 0 Å². The summed E-state index contributed by atoms with van der Waals surface area (Å²) in [6.45, 7) is 3.00. The van der Waals surface area contributed by atoms with Crippen LogP contribution in [0.1, 0.15) is 59.7 Å². The van der Waals surface area contributed by atoms with Gasteiger partial charge in [-0.3, -0.25) is 4.79 Å². The maximum absolute atomic E-state index is 13.9. The summed E-state index contributed by atoms with van der Waals surface area (Å²) in [6, 6.07) is 3.28. The Hall–Kier alpha value is -1.95. The Morgan fingerprint density at radius 3 is 2.67 bits per heavy atom. The molecule has 1 unspecified atom stereocenters. The van der Waals surface area contributed by atoms with Crippen LogP contribution in [0.3, 0.4) is 0 Å². The molecular weight excluding hydrogens is 313 g/mol. The molecule has 132 valence electrons. The van der Waals surface area contributed by atoms with Gasteiger partial charge in [0.15, 0.2) is 0 Å². The first-order valence-corrected chi connectivity index (χ1v) is 8.45. The molecule has 0 heterocycles. The largest absolute Gasteiger partial charge is 0.478 e. The number of nitrogens with one attached hydrogen (secondary N) is 1. The van der Waals surface area contributed by atoms with Crippen molar-refractivity contribution in [2.75, 3.05) is 13.2 Å². The van der Waals surface area contributed by atoms with Gasteiger partial charge in [-0.1, -0.05) is 12.8 Å². The van der Waals surface area contributed by atoms with E-state index in [1.165, 1.54) is 25.0 Å². The molecule has 1 saturated carbocycles. The molecule has 5 nitrogen and oxygen atoms in total. The first kappa shape index (κ1) is 18.4. The summed E-state index contributed by atoms with van der Waals surface area (Å²) in [6.07, 6.45) is 5.58. The van der Waals surface area contributed by atoms with Crippen LogP contribution in [0, 0.1) is 11.7 Å². The fourth-order valence-electron chi connectivity index (χ4n) is 3.25. The van der Waals surface area contributed by atoms with E-state index in [9.17, 15) is 14.0 Å². The number of amides is 1. The Morgan fingerprint density at radius 1 is 1.38 bits per heavy atom. The van der Waals surface area contributed by atoms with Crippen molar-refractivity contribution in [3.05, 3.63) is 35.1 Å². The Bertz CT molecular complexity index is 584. The fourth-order valence-corrected chi connectivity index (χ4v) is 3.25. The highest BCUT2D eigenvalue weighted by Crippen LogP contribution is 2.30. The summed E-state index contributed by atoms with van der Waals surface area (Å²) in [5.41, 5.74) is -0.324. The first-order chi connectivity index (χ1) is 11.5. The summed E-state index contributed by atoms with van der Waals surface area (Å²) in [5, 5.41) is 11.5. The second kappa shape index (κ2) is 8.78. The molecule has 6 heteroatoms. The van der Waals surface area contributed by atoms with Gasteiger partial charge in [0.05, 0.1) is 17.2 Å². The first-order valence-electron chi connectivity index (χ1n) is 8.45. The fraction of sp³-hybridized carbons (Fsp3) is 0.556. The molecule has 0 aromatic heterocycles. The Balaban J connectivity index is 1.88. The highest BCUT2D eigenvalue weighted by Gasteiger charge is 2.25. The third-order valence-electron chi connectivity index (χ3n) is 4.48. The number of hydrogen-bond donors (Lipinski definition) is 2. The quantitative estimate of drug-likeness (QED) is 0.763. The summed E-state index contributed by atoms with van der Waals surface area (Å²) in [4.78, 5) is 22.9. The average Bonchev–Trinajstić information content (AvgIpc) is 3.08. The van der Waals surface area contributed by atoms with Crippen LogP contribution in [0.25, 0.3) is 0 Å². The van der Waals surface area contributed by atoms with Gasteiger partial charge < -0.3 is 15.2 Å². The maximum atomic E-state index is 13.9. The van der Waals surface area contributed by atoms with Crippen molar-refractivity contribution >= 4 is 11.9 Å². The molecule has 24 heavy (non-hydrogen) atoms. The highest BCUT2D eigenvalue weighted by molar-refractivity contribution is 5.96. The van der Waals surface area contributed by atoms with Gasteiger partial charge in [0, 0.05) is 13.2 Å². The SMILES string of the molecule is CCOC(CCNC(=O)c1ccc(C(=O)O)cc1F)C1CCCC1. The number of hydrogen-bond acceptors (Lipinski definition) is 3. The van der Waals surface area contributed by atoms with Gasteiger partial charge >= 0.3 is 5.97 Å². The minimum Gasteiger partial charge on any atom is -0.478 e. The van der Waals surface area contributed by atoms with Crippen LogP contribution in [0.4, 0.5) is 4.39 Å². The van der Waals surface area contributed by atoms with E-state index in [-0.39, 0.29) is 17.2 Å². The van der Waals surface area contributed by atoms with Crippen molar-refractivity contribution in [1.82, 2.24) is 5.32 Å². The molecule has 2 rings (SSSR count). The molecule has 2 N–H and O–H groups in total. The summed E-state index contributed by atoms with van der Waals surface area (Å²) in [5.74, 6) is -2.05. The molecule has 0 saturated heterocycles. The van der Waals surface area contributed by atoms with Gasteiger partial charge in [0.2, 0.25) is 0 Å². The average molecular weight is 337 g/mol. The summed E-state index contributed by atoms with van der Waals surface area (Å²) >= 11 is 0. The van der Waals surface area contributed by atoms with Crippen LogP contribution < -0.4 is 5.32 Å². The monoisotopic (exact) mass is 337 g/mol. The van der Waals surface area contributed by atoms with Crippen molar-refractivity contribution in [3.8, 4) is 0 Å². The summed E-state index contributed by atoms with van der Waals surface area (Å²) < 4.78 is 19.7. The third kappa shape index (κ3) is 4.77. The van der Waals surface area contributed by atoms with E-state index in [1.807, 2.05) is 6.92 Å². The van der Waals surface area contributed by atoms with Gasteiger partial charge in [-0.2, -0.15) is 0 Å². The summed E-state index contributed by atoms with van der Waals surface area (Å²) in [7, 11) is 0. The lowest BCUT2D eigenvalue weighted by Gasteiger charge is -2.23. The van der Waals surface area contributed by atoms with Crippen molar-refractivity contribution in [2.24, 2.45) is 5.92 Å². The highest BCUT2D eigenvalue weighted by atomic mass is 19.1. The number of ether oxygens (including phenoxy) is 1. The van der Waals surface area contributed by atoms with Crippen molar-refractivity contribution < 1.29 is 23.8 Å². The van der Waals surface area contributed by atoms with Crippen LogP contribution in [0.2, 0.25) is 0 Å². The number of rotatable bonds is 8. The second-order valence-corrected chi connectivity index (χ2v) is 6.08. The van der Waals surface area contributed by atoms with Crippen LogP contribution in [-0.2, 0) is 4.74 Å². The predicted molar refractivity (Wildman–Crippen MR) is 87.7 cm³/mol. The van der Waals surface area contributed by atoms with E-state index >= 15 is 0 Å². The second-order valence-electron chi connectivity index (χ2n) is 6.08. The van der Waals surface area contributed by atoms with Gasteiger partial charge in [-0.25, -0.2) is 9.18 Å². The van der Waals surface area contributed by atoms with E-state index in [0.717, 1.165) is 18.9 Å². The topological polar surface area (TPSA) is 75.6 Å². The molecule has 0 spiro atoms. The number of carboxylic acids is 1. The van der Waals surface area contributed by atoms with E-state index in [2.05, 4.69) is 5.32 Å². The van der Waals surface area contributed by atoms with Crippen molar-refractivity contribution in [1.29, 1.82) is 0 Å². The van der Waals surface area contributed by atoms with Gasteiger partial charge in [-0.05, 0) is 50.3 Å². The normalized spacial score (nSPS) is 16.1. The minimum absolute atomic E-state index is 0.122. The van der Waals surface area contributed by atoms with Gasteiger partial charge in [-0.15, -0.1) is 0 Å². The molecule has 1 aromatic rings. The molecule has 1 aromatic carbocycles. The smallest absolute Gasteiger partial charge is 0.335 e. The van der Waals surface area contributed by atoms with E-state index in [0.29, 0.717) is 25.5 Å². The molecule has 0 aliphatic heterocycles. The van der Waals surface area contributed by atoms with E-state index in [4.69, 9.17) is 9.84 Å². The minimum atomic E-state index is -1.23. The van der Waals surface area contributed by atoms with E-state index < -0.39 is 17.7 Å². The number of carbonyl (C=O) groups excluding carboxylic acids is 1. The zero-order valence-electron chi connectivity index (χ0n) is 13.9. The molecule has 0 bridgehead atoms. The van der Waals surface area contributed by atoms with Crippen molar-refractivity contribution in [2.45, 2.75) is 45.1 Å². The molecular formula is C18H24FNO4. The number of benzene rings is 1. The van der Waals surface area contributed by atoms with Gasteiger partial charge in [0.1, 0.15) is 5.82 Å². The number of carboxylic acid groups (broad SMARTS) is 1. The Labute approximate surface area is 141 Å².